The minimum Gasteiger partial charge on any atom is -0.317 e. The minimum absolute atomic E-state index is 0.632. The second-order valence-corrected chi connectivity index (χ2v) is 3.42. The van der Waals surface area contributed by atoms with Gasteiger partial charge >= 0.3 is 0 Å². The third kappa shape index (κ3) is 6.50. The van der Waals surface area contributed by atoms with Crippen LogP contribution in [0.15, 0.2) is 23.0 Å². The predicted molar refractivity (Wildman–Crippen MR) is 59.3 cm³/mol. The summed E-state index contributed by atoms with van der Waals surface area (Å²) in [6.45, 7) is 4.23. The molecule has 0 amide bonds. The molecular weight excluding hydrogens is 166 g/mol. The van der Waals surface area contributed by atoms with E-state index >= 15 is 0 Å². The van der Waals surface area contributed by atoms with E-state index in [1.54, 1.807) is 11.8 Å². The highest BCUT2D eigenvalue weighted by Gasteiger charge is 1.97. The molecule has 0 bridgehead atoms. The molecule has 0 heterocycles. The summed E-state index contributed by atoms with van der Waals surface area (Å²) < 4.78 is 0. The SMILES string of the molecule is C/C=C\S/C=C/CC(CC)NC. The van der Waals surface area contributed by atoms with Crippen molar-refractivity contribution in [1.29, 1.82) is 0 Å². The Morgan fingerprint density at radius 3 is 2.67 bits per heavy atom. The Balaban J connectivity index is 3.44. The first-order valence-corrected chi connectivity index (χ1v) is 5.38. The monoisotopic (exact) mass is 185 g/mol. The van der Waals surface area contributed by atoms with E-state index in [4.69, 9.17) is 0 Å². The Bertz CT molecular complexity index is 137. The van der Waals surface area contributed by atoms with Crippen molar-refractivity contribution in [1.82, 2.24) is 5.32 Å². The summed E-state index contributed by atoms with van der Waals surface area (Å²) in [6, 6.07) is 0.632. The Labute approximate surface area is 80.3 Å². The lowest BCUT2D eigenvalue weighted by molar-refractivity contribution is 0.552. The Hall–Kier alpha value is -0.210. The van der Waals surface area contributed by atoms with Crippen LogP contribution in [0, 0.1) is 0 Å². The molecular formula is C10H19NS. The van der Waals surface area contributed by atoms with E-state index in [1.165, 1.54) is 6.42 Å². The first-order chi connectivity index (χ1) is 5.85. The second kappa shape index (κ2) is 8.88. The molecule has 0 saturated heterocycles. The molecule has 0 aliphatic rings. The fraction of sp³-hybridized carbons (Fsp3) is 0.600. The zero-order chi connectivity index (χ0) is 9.23. The van der Waals surface area contributed by atoms with E-state index in [0.717, 1.165) is 6.42 Å². The maximum Gasteiger partial charge on any atom is 0.00962 e. The van der Waals surface area contributed by atoms with E-state index in [9.17, 15) is 0 Å². The quantitative estimate of drug-likeness (QED) is 0.682. The molecule has 12 heavy (non-hydrogen) atoms. The van der Waals surface area contributed by atoms with Crippen molar-refractivity contribution in [3.05, 3.63) is 23.0 Å². The van der Waals surface area contributed by atoms with Crippen LogP contribution in [0.2, 0.25) is 0 Å². The molecule has 1 N–H and O–H groups in total. The van der Waals surface area contributed by atoms with Crippen molar-refractivity contribution >= 4 is 11.8 Å². The molecule has 0 radical (unpaired) electrons. The standard InChI is InChI=1S/C10H19NS/c1-4-8-12-9-6-7-10(5-2)11-3/h4,6,8-11H,5,7H2,1-3H3/b8-4-,9-6+. The first kappa shape index (κ1) is 11.8. The Morgan fingerprint density at radius 2 is 2.17 bits per heavy atom. The molecule has 0 aromatic carbocycles. The molecule has 0 rings (SSSR count). The van der Waals surface area contributed by atoms with E-state index < -0.39 is 0 Å². The molecule has 1 nitrogen and oxygen atoms in total. The summed E-state index contributed by atoms with van der Waals surface area (Å²) >= 11 is 1.73. The van der Waals surface area contributed by atoms with Crippen LogP contribution in [-0.4, -0.2) is 13.1 Å². The van der Waals surface area contributed by atoms with Crippen LogP contribution in [0.3, 0.4) is 0 Å². The molecule has 0 saturated carbocycles. The van der Waals surface area contributed by atoms with Gasteiger partial charge in [-0.25, -0.2) is 0 Å². The highest BCUT2D eigenvalue weighted by molar-refractivity contribution is 8.04. The lowest BCUT2D eigenvalue weighted by Crippen LogP contribution is -2.22. The smallest absolute Gasteiger partial charge is 0.00962 e. The largest absolute Gasteiger partial charge is 0.317 e. The van der Waals surface area contributed by atoms with Crippen LogP contribution >= 0.6 is 11.8 Å². The number of nitrogens with one attached hydrogen (secondary N) is 1. The van der Waals surface area contributed by atoms with Crippen LogP contribution in [0.1, 0.15) is 26.7 Å². The predicted octanol–water partition coefficient (Wildman–Crippen LogP) is 3.16. The molecule has 0 aliphatic carbocycles. The van der Waals surface area contributed by atoms with Gasteiger partial charge in [-0.3, -0.25) is 0 Å². The second-order valence-electron chi connectivity index (χ2n) is 2.61. The molecule has 0 aromatic heterocycles. The summed E-state index contributed by atoms with van der Waals surface area (Å²) in [6.07, 6.45) is 6.58. The summed E-state index contributed by atoms with van der Waals surface area (Å²) in [7, 11) is 2.01. The lowest BCUT2D eigenvalue weighted by atomic mass is 10.1. The van der Waals surface area contributed by atoms with E-state index in [0.29, 0.717) is 6.04 Å². The topological polar surface area (TPSA) is 12.0 Å². The number of hydrogen-bond donors (Lipinski definition) is 1. The normalized spacial score (nSPS) is 14.6. The number of thioether (sulfide) groups is 1. The zero-order valence-electron chi connectivity index (χ0n) is 8.21. The average Bonchev–Trinajstić information content (AvgIpc) is 2.11. The van der Waals surface area contributed by atoms with Gasteiger partial charge in [0.05, 0.1) is 0 Å². The van der Waals surface area contributed by atoms with Crippen LogP contribution in [0.5, 0.6) is 0 Å². The van der Waals surface area contributed by atoms with E-state index in [2.05, 4.69) is 29.1 Å². The Morgan fingerprint density at radius 1 is 1.42 bits per heavy atom. The van der Waals surface area contributed by atoms with Crippen LogP contribution in [0.4, 0.5) is 0 Å². The van der Waals surface area contributed by atoms with Crippen molar-refractivity contribution in [3.63, 3.8) is 0 Å². The van der Waals surface area contributed by atoms with Gasteiger partial charge in [0.25, 0.3) is 0 Å². The van der Waals surface area contributed by atoms with Gasteiger partial charge in [-0.15, -0.1) is 11.8 Å². The Kier molecular flexibility index (Phi) is 8.73. The zero-order valence-corrected chi connectivity index (χ0v) is 9.03. The molecule has 0 spiro atoms. The van der Waals surface area contributed by atoms with Gasteiger partial charge in [0.1, 0.15) is 0 Å². The lowest BCUT2D eigenvalue weighted by Gasteiger charge is -2.09. The molecule has 70 valence electrons. The summed E-state index contributed by atoms with van der Waals surface area (Å²) in [5.74, 6) is 0. The third-order valence-corrected chi connectivity index (χ3v) is 2.49. The molecule has 1 atom stereocenters. The first-order valence-electron chi connectivity index (χ1n) is 4.44. The van der Waals surface area contributed by atoms with Crippen molar-refractivity contribution in [2.24, 2.45) is 0 Å². The van der Waals surface area contributed by atoms with Gasteiger partial charge in [-0.1, -0.05) is 19.1 Å². The van der Waals surface area contributed by atoms with Gasteiger partial charge in [0.2, 0.25) is 0 Å². The van der Waals surface area contributed by atoms with Crippen molar-refractivity contribution in [2.75, 3.05) is 7.05 Å². The highest BCUT2D eigenvalue weighted by atomic mass is 32.2. The summed E-state index contributed by atoms with van der Waals surface area (Å²) in [5.41, 5.74) is 0. The van der Waals surface area contributed by atoms with Gasteiger partial charge in [-0.2, -0.15) is 0 Å². The number of allylic oxidation sites excluding steroid dienone is 1. The molecule has 2 heteroatoms. The fourth-order valence-corrected chi connectivity index (χ4v) is 1.36. The minimum atomic E-state index is 0.632. The molecule has 0 fully saturated rings. The summed E-state index contributed by atoms with van der Waals surface area (Å²) in [4.78, 5) is 0. The van der Waals surface area contributed by atoms with Crippen LogP contribution in [-0.2, 0) is 0 Å². The van der Waals surface area contributed by atoms with Gasteiger partial charge in [0, 0.05) is 6.04 Å². The maximum absolute atomic E-state index is 3.26. The molecule has 0 aliphatic heterocycles. The summed E-state index contributed by atoms with van der Waals surface area (Å²) in [5, 5.41) is 7.48. The van der Waals surface area contributed by atoms with E-state index in [1.807, 2.05) is 20.0 Å². The van der Waals surface area contributed by atoms with Gasteiger partial charge < -0.3 is 5.32 Å². The van der Waals surface area contributed by atoms with Gasteiger partial charge in [0.15, 0.2) is 0 Å². The van der Waals surface area contributed by atoms with Crippen molar-refractivity contribution < 1.29 is 0 Å². The van der Waals surface area contributed by atoms with Crippen molar-refractivity contribution in [2.45, 2.75) is 32.7 Å². The van der Waals surface area contributed by atoms with Crippen LogP contribution in [0.25, 0.3) is 0 Å². The maximum atomic E-state index is 3.26. The van der Waals surface area contributed by atoms with Crippen molar-refractivity contribution in [3.8, 4) is 0 Å². The average molecular weight is 185 g/mol. The number of hydrogen-bond acceptors (Lipinski definition) is 2. The van der Waals surface area contributed by atoms with Gasteiger partial charge in [-0.05, 0) is 37.6 Å². The highest BCUT2D eigenvalue weighted by Crippen LogP contribution is 2.06. The fourth-order valence-electron chi connectivity index (χ4n) is 0.888. The number of rotatable bonds is 6. The molecule has 0 aromatic rings. The van der Waals surface area contributed by atoms with Crippen LogP contribution < -0.4 is 5.32 Å². The molecule has 1 unspecified atom stereocenters. The van der Waals surface area contributed by atoms with E-state index in [-0.39, 0.29) is 0 Å². The third-order valence-electron chi connectivity index (χ3n) is 1.71.